The zero-order chi connectivity index (χ0) is 28.4. The lowest BCUT2D eigenvalue weighted by molar-refractivity contribution is -0.109. The van der Waals surface area contributed by atoms with Gasteiger partial charge in [0, 0.05) is 55.7 Å². The number of hydrogen-bond donors (Lipinski definition) is 2. The lowest BCUT2D eigenvalue weighted by atomic mass is 10.0. The first-order valence-electron chi connectivity index (χ1n) is 14.0. The minimum atomic E-state index is -3.01. The summed E-state index contributed by atoms with van der Waals surface area (Å²) in [5.74, 6) is -2.44. The molecule has 6 rings (SSSR count). The van der Waals surface area contributed by atoms with Crippen molar-refractivity contribution in [3.05, 3.63) is 59.8 Å². The van der Waals surface area contributed by atoms with Gasteiger partial charge in [-0.1, -0.05) is 0 Å². The first-order valence-corrected chi connectivity index (χ1v) is 14.0. The Labute approximate surface area is 238 Å². The van der Waals surface area contributed by atoms with Crippen molar-refractivity contribution in [2.24, 2.45) is 0 Å². The van der Waals surface area contributed by atoms with Crippen LogP contribution in [-0.2, 0) is 4.74 Å². The molecule has 3 saturated heterocycles. The quantitative estimate of drug-likeness (QED) is 0.444. The first-order chi connectivity index (χ1) is 19.9. The van der Waals surface area contributed by atoms with Gasteiger partial charge in [-0.3, -0.25) is 4.90 Å². The van der Waals surface area contributed by atoms with Crippen LogP contribution < -0.4 is 20.3 Å². The van der Waals surface area contributed by atoms with Crippen LogP contribution in [0.4, 0.5) is 26.1 Å². The van der Waals surface area contributed by atoms with Gasteiger partial charge in [-0.15, -0.1) is 0 Å². The molecule has 2 N–H and O–H groups in total. The molecule has 3 aliphatic heterocycles. The van der Waals surface area contributed by atoms with E-state index in [9.17, 15) is 14.0 Å². The average Bonchev–Trinajstić information content (AvgIpc) is 2.94. The second-order valence-corrected chi connectivity index (χ2v) is 10.8. The van der Waals surface area contributed by atoms with E-state index in [2.05, 4.69) is 48.6 Å². The van der Waals surface area contributed by atoms with Gasteiger partial charge in [0.1, 0.15) is 11.8 Å². The number of ether oxygens (including phenoxy) is 2. The molecular formula is C30H33F2N7O2. The molecule has 41 heavy (non-hydrogen) atoms. The number of piperazine rings is 1. The number of piperidine rings is 1. The maximum absolute atomic E-state index is 14.3. The molecule has 0 amide bonds. The highest BCUT2D eigenvalue weighted by Gasteiger charge is 2.43. The molecule has 1 atom stereocenters. The first kappa shape index (κ1) is 27.3. The molecule has 0 saturated carbocycles. The molecule has 0 aliphatic carbocycles. The number of rotatable bonds is 7. The van der Waals surface area contributed by atoms with Gasteiger partial charge in [0.25, 0.3) is 5.92 Å². The Morgan fingerprint density at radius 1 is 1.12 bits per heavy atom. The van der Waals surface area contributed by atoms with E-state index in [0.29, 0.717) is 29.8 Å². The second kappa shape index (κ2) is 11.6. The molecule has 0 radical (unpaired) electrons. The Bertz CT molecular complexity index is 1420. The van der Waals surface area contributed by atoms with Crippen LogP contribution in [0.1, 0.15) is 17.5 Å². The summed E-state index contributed by atoms with van der Waals surface area (Å²) in [5.41, 5.74) is 4.30. The normalized spacial score (nSPS) is 21.1. The zero-order valence-electron chi connectivity index (χ0n) is 22.9. The molecule has 214 valence electrons. The van der Waals surface area contributed by atoms with Crippen LogP contribution >= 0.6 is 0 Å². The molecule has 3 aliphatic rings. The molecule has 0 spiro atoms. The van der Waals surface area contributed by atoms with Crippen molar-refractivity contribution in [3.8, 4) is 23.1 Å². The number of anilines is 3. The number of nitriles is 1. The van der Waals surface area contributed by atoms with Gasteiger partial charge in [0.2, 0.25) is 5.95 Å². The van der Waals surface area contributed by atoms with Gasteiger partial charge in [-0.25, -0.2) is 18.7 Å². The fourth-order valence-electron chi connectivity index (χ4n) is 5.49. The standard InChI is InChI=1S/C30H33F2N7O2/c1-20-14-27(41-28-7-8-34-19-30(28,31)32)21(16-33)15-25(20)26-6-9-35-29(37-26)36-22-2-4-23(5-3-22)38-10-12-39(13-11-38)24-17-40-18-24/h2-6,9,14-15,24,28,34H,7-8,10-13,17-19H2,1H3,(H,35,36,37). The molecular weight excluding hydrogens is 528 g/mol. The molecule has 3 aromatic rings. The Kier molecular flexibility index (Phi) is 7.71. The van der Waals surface area contributed by atoms with Crippen molar-refractivity contribution in [1.29, 1.82) is 5.26 Å². The number of nitrogens with zero attached hydrogens (tertiary/aromatic N) is 5. The van der Waals surface area contributed by atoms with Crippen molar-refractivity contribution in [3.63, 3.8) is 0 Å². The van der Waals surface area contributed by atoms with E-state index < -0.39 is 18.6 Å². The molecule has 1 aromatic heterocycles. The van der Waals surface area contributed by atoms with Crippen LogP contribution in [0.25, 0.3) is 11.3 Å². The van der Waals surface area contributed by atoms with Crippen LogP contribution in [0.2, 0.25) is 0 Å². The Hall–Kier alpha value is -3.85. The van der Waals surface area contributed by atoms with Crippen molar-refractivity contribution < 1.29 is 18.3 Å². The summed E-state index contributed by atoms with van der Waals surface area (Å²) >= 11 is 0. The summed E-state index contributed by atoms with van der Waals surface area (Å²) in [6.45, 7) is 7.60. The zero-order valence-corrected chi connectivity index (χ0v) is 22.9. The molecule has 3 fully saturated rings. The summed E-state index contributed by atoms with van der Waals surface area (Å²) in [6.07, 6.45) is 0.527. The van der Waals surface area contributed by atoms with Crippen LogP contribution in [0.3, 0.4) is 0 Å². The van der Waals surface area contributed by atoms with Gasteiger partial charge in [0.15, 0.2) is 6.10 Å². The molecule has 11 heteroatoms. The number of alkyl halides is 2. The lowest BCUT2D eigenvalue weighted by Gasteiger charge is -2.43. The highest BCUT2D eigenvalue weighted by atomic mass is 19.3. The van der Waals surface area contributed by atoms with E-state index in [0.717, 1.165) is 50.6 Å². The van der Waals surface area contributed by atoms with Crippen molar-refractivity contribution in [1.82, 2.24) is 20.2 Å². The fraction of sp³-hybridized carbons (Fsp3) is 0.433. The van der Waals surface area contributed by atoms with E-state index in [1.165, 1.54) is 5.69 Å². The predicted molar refractivity (Wildman–Crippen MR) is 152 cm³/mol. The van der Waals surface area contributed by atoms with Crippen molar-refractivity contribution >= 4 is 17.3 Å². The Morgan fingerprint density at radius 2 is 1.90 bits per heavy atom. The van der Waals surface area contributed by atoms with E-state index >= 15 is 0 Å². The van der Waals surface area contributed by atoms with Crippen LogP contribution in [-0.4, -0.2) is 85.4 Å². The Morgan fingerprint density at radius 3 is 2.59 bits per heavy atom. The van der Waals surface area contributed by atoms with E-state index in [-0.39, 0.29) is 17.7 Å². The van der Waals surface area contributed by atoms with Gasteiger partial charge in [-0.2, -0.15) is 5.26 Å². The number of aromatic nitrogens is 2. The summed E-state index contributed by atoms with van der Waals surface area (Å²) < 4.78 is 39.7. The van der Waals surface area contributed by atoms with Crippen LogP contribution in [0.5, 0.6) is 5.75 Å². The van der Waals surface area contributed by atoms with Crippen molar-refractivity contribution in [2.75, 3.05) is 62.7 Å². The SMILES string of the molecule is Cc1cc(OC2CCNCC2(F)F)c(C#N)cc1-c1ccnc(Nc2ccc(N3CCN(C4COC4)CC3)cc2)n1. The third-order valence-electron chi connectivity index (χ3n) is 8.00. The van der Waals surface area contributed by atoms with Gasteiger partial charge in [0.05, 0.1) is 37.1 Å². The van der Waals surface area contributed by atoms with E-state index in [1.54, 1.807) is 24.4 Å². The number of hydrogen-bond acceptors (Lipinski definition) is 9. The van der Waals surface area contributed by atoms with Gasteiger partial charge >= 0.3 is 0 Å². The highest BCUT2D eigenvalue weighted by Crippen LogP contribution is 2.34. The molecule has 9 nitrogen and oxygen atoms in total. The third-order valence-corrected chi connectivity index (χ3v) is 8.00. The maximum atomic E-state index is 14.3. The molecule has 2 aromatic carbocycles. The van der Waals surface area contributed by atoms with Gasteiger partial charge < -0.3 is 25.0 Å². The third kappa shape index (κ3) is 5.95. The Balaban J connectivity index is 1.13. The highest BCUT2D eigenvalue weighted by molar-refractivity contribution is 5.69. The molecule has 0 bridgehead atoms. The largest absolute Gasteiger partial charge is 0.483 e. The number of aryl methyl sites for hydroxylation is 1. The predicted octanol–water partition coefficient (Wildman–Crippen LogP) is 3.96. The number of nitrogens with one attached hydrogen (secondary N) is 2. The van der Waals surface area contributed by atoms with Crippen molar-refractivity contribution in [2.45, 2.75) is 31.4 Å². The summed E-state index contributed by atoms with van der Waals surface area (Å²) in [4.78, 5) is 13.9. The molecule has 1 unspecified atom stereocenters. The summed E-state index contributed by atoms with van der Waals surface area (Å²) in [7, 11) is 0. The minimum absolute atomic E-state index is 0.159. The summed E-state index contributed by atoms with van der Waals surface area (Å²) in [6, 6.07) is 15.9. The lowest BCUT2D eigenvalue weighted by Crippen LogP contribution is -2.56. The average molecular weight is 562 g/mol. The monoisotopic (exact) mass is 561 g/mol. The smallest absolute Gasteiger partial charge is 0.296 e. The van der Waals surface area contributed by atoms with E-state index in [1.807, 2.05) is 19.1 Å². The molecule has 4 heterocycles. The number of benzene rings is 2. The topological polar surface area (TPSA) is 98.6 Å². The van der Waals surface area contributed by atoms with Gasteiger partial charge in [-0.05, 0) is 61.5 Å². The summed E-state index contributed by atoms with van der Waals surface area (Å²) in [5, 5.41) is 15.7. The van der Waals surface area contributed by atoms with Crippen LogP contribution in [0, 0.1) is 18.3 Å². The fourth-order valence-corrected chi connectivity index (χ4v) is 5.49. The maximum Gasteiger partial charge on any atom is 0.296 e. The minimum Gasteiger partial charge on any atom is -0.483 e. The second-order valence-electron chi connectivity index (χ2n) is 10.8. The number of halogens is 2. The van der Waals surface area contributed by atoms with Crippen LogP contribution in [0.15, 0.2) is 48.7 Å². The van der Waals surface area contributed by atoms with E-state index in [4.69, 9.17) is 9.47 Å².